The van der Waals surface area contributed by atoms with Gasteiger partial charge in [0, 0.05) is 38.9 Å². The SMILES string of the molecule is Cc1cc(C(F)(F)F)c(C#N)c(N[C@H]2CCN(CCNCC3(O)CC(C(=O)OC(C)(C)C)C3)c3c(F)cccc3N(C)C2=O)n1. The van der Waals surface area contributed by atoms with E-state index >= 15 is 4.39 Å². The lowest BCUT2D eigenvalue weighted by atomic mass is 9.71. The Morgan fingerprint density at radius 3 is 2.58 bits per heavy atom. The fourth-order valence-corrected chi connectivity index (χ4v) is 5.69. The molecule has 45 heavy (non-hydrogen) atoms. The summed E-state index contributed by atoms with van der Waals surface area (Å²) in [6, 6.07) is 5.56. The molecule has 1 atom stereocenters. The third-order valence-corrected chi connectivity index (χ3v) is 7.84. The molecule has 14 heteroatoms. The maximum absolute atomic E-state index is 15.2. The number of nitrogens with zero attached hydrogens (tertiary/aromatic N) is 4. The number of aryl methyl sites for hydroxylation is 1. The molecule has 0 saturated heterocycles. The molecule has 1 saturated carbocycles. The van der Waals surface area contributed by atoms with Crippen molar-refractivity contribution in [3.8, 4) is 6.07 Å². The fraction of sp³-hybridized carbons (Fsp3) is 0.548. The number of esters is 1. The molecule has 244 valence electrons. The van der Waals surface area contributed by atoms with E-state index in [2.05, 4.69) is 15.6 Å². The van der Waals surface area contributed by atoms with Crippen molar-refractivity contribution in [2.24, 2.45) is 5.92 Å². The molecule has 1 amide bonds. The second kappa shape index (κ2) is 12.8. The van der Waals surface area contributed by atoms with Crippen molar-refractivity contribution < 1.29 is 37.0 Å². The van der Waals surface area contributed by atoms with Crippen LogP contribution >= 0.6 is 0 Å². The highest BCUT2D eigenvalue weighted by atomic mass is 19.4. The van der Waals surface area contributed by atoms with E-state index in [0.717, 1.165) is 6.07 Å². The Morgan fingerprint density at radius 2 is 1.96 bits per heavy atom. The van der Waals surface area contributed by atoms with E-state index in [-0.39, 0.29) is 73.7 Å². The number of aromatic nitrogens is 1. The number of benzene rings is 1. The second-order valence-corrected chi connectivity index (χ2v) is 12.7. The Kier molecular flexibility index (Phi) is 9.65. The first-order chi connectivity index (χ1) is 20.9. The Labute approximate surface area is 259 Å². The minimum absolute atomic E-state index is 0.0149. The number of carbonyl (C=O) groups is 2. The van der Waals surface area contributed by atoms with E-state index < -0.39 is 46.3 Å². The van der Waals surface area contributed by atoms with Crippen LogP contribution in [-0.2, 0) is 20.5 Å². The predicted molar refractivity (Wildman–Crippen MR) is 159 cm³/mol. The minimum Gasteiger partial charge on any atom is -0.460 e. The number of nitriles is 1. The van der Waals surface area contributed by atoms with Gasteiger partial charge < -0.3 is 30.3 Å². The van der Waals surface area contributed by atoms with Crippen LogP contribution in [0.3, 0.4) is 0 Å². The van der Waals surface area contributed by atoms with Crippen LogP contribution in [0.1, 0.15) is 56.9 Å². The van der Waals surface area contributed by atoms with E-state index in [1.54, 1.807) is 37.8 Å². The van der Waals surface area contributed by atoms with Crippen molar-refractivity contribution in [1.82, 2.24) is 10.3 Å². The average Bonchev–Trinajstić information content (AvgIpc) is 2.91. The normalized spacial score (nSPS) is 22.1. The molecule has 1 aromatic carbocycles. The van der Waals surface area contributed by atoms with Crippen LogP contribution in [0.2, 0.25) is 0 Å². The van der Waals surface area contributed by atoms with E-state index in [1.165, 1.54) is 31.0 Å². The van der Waals surface area contributed by atoms with Crippen LogP contribution in [0.4, 0.5) is 34.8 Å². The lowest BCUT2D eigenvalue weighted by Gasteiger charge is -2.43. The quantitative estimate of drug-likeness (QED) is 0.223. The van der Waals surface area contributed by atoms with Crippen LogP contribution in [-0.4, -0.2) is 72.4 Å². The Hall–Kier alpha value is -3.96. The van der Waals surface area contributed by atoms with Gasteiger partial charge in [-0.2, -0.15) is 18.4 Å². The van der Waals surface area contributed by atoms with Gasteiger partial charge in [-0.3, -0.25) is 9.59 Å². The molecule has 1 aliphatic carbocycles. The van der Waals surface area contributed by atoms with Crippen LogP contribution < -0.4 is 20.4 Å². The molecule has 0 radical (unpaired) electrons. The predicted octanol–water partition coefficient (Wildman–Crippen LogP) is 4.15. The number of amides is 1. The summed E-state index contributed by atoms with van der Waals surface area (Å²) in [6.07, 6.45) is -4.24. The number of hydrogen-bond donors (Lipinski definition) is 3. The zero-order valence-electron chi connectivity index (χ0n) is 25.9. The summed E-state index contributed by atoms with van der Waals surface area (Å²) < 4.78 is 61.7. The van der Waals surface area contributed by atoms with Gasteiger partial charge in [0.05, 0.1) is 28.5 Å². The largest absolute Gasteiger partial charge is 0.460 e. The van der Waals surface area contributed by atoms with Crippen molar-refractivity contribution in [3.05, 3.63) is 46.9 Å². The Bertz CT molecular complexity index is 1480. The number of alkyl halides is 3. The lowest BCUT2D eigenvalue weighted by molar-refractivity contribution is -0.175. The second-order valence-electron chi connectivity index (χ2n) is 12.7. The Balaban J connectivity index is 1.48. The first kappa shape index (κ1) is 33.9. The van der Waals surface area contributed by atoms with E-state index in [9.17, 15) is 33.1 Å². The zero-order chi connectivity index (χ0) is 33.3. The zero-order valence-corrected chi connectivity index (χ0v) is 25.9. The fourth-order valence-electron chi connectivity index (χ4n) is 5.69. The lowest BCUT2D eigenvalue weighted by Crippen LogP contribution is -2.54. The van der Waals surface area contributed by atoms with Crippen LogP contribution in [0, 0.1) is 30.0 Å². The number of nitrogens with one attached hydrogen (secondary N) is 2. The Morgan fingerprint density at radius 1 is 1.27 bits per heavy atom. The number of ether oxygens (including phenoxy) is 1. The topological polar surface area (TPSA) is 131 Å². The molecule has 0 bridgehead atoms. The molecule has 1 aliphatic heterocycles. The first-order valence-corrected chi connectivity index (χ1v) is 14.6. The third-order valence-electron chi connectivity index (χ3n) is 7.84. The maximum atomic E-state index is 15.2. The number of likely N-dealkylation sites (N-methyl/N-ethyl adjacent to an activating group) is 1. The molecule has 4 rings (SSSR count). The van der Waals surface area contributed by atoms with Crippen molar-refractivity contribution in [2.45, 2.75) is 70.4 Å². The number of anilines is 3. The summed E-state index contributed by atoms with van der Waals surface area (Å²) in [6.45, 7) is 7.61. The van der Waals surface area contributed by atoms with Gasteiger partial charge in [-0.25, -0.2) is 9.37 Å². The minimum atomic E-state index is -4.81. The first-order valence-electron chi connectivity index (χ1n) is 14.6. The molecule has 1 fully saturated rings. The molecule has 1 aromatic heterocycles. The van der Waals surface area contributed by atoms with E-state index in [4.69, 9.17) is 4.74 Å². The van der Waals surface area contributed by atoms with Gasteiger partial charge in [0.2, 0.25) is 5.91 Å². The molecule has 2 aromatic rings. The van der Waals surface area contributed by atoms with E-state index in [0.29, 0.717) is 6.54 Å². The molecule has 2 aliphatic rings. The average molecular weight is 635 g/mol. The van der Waals surface area contributed by atoms with Crippen molar-refractivity contribution in [2.75, 3.05) is 48.3 Å². The van der Waals surface area contributed by atoms with Gasteiger partial charge in [-0.15, -0.1) is 0 Å². The number of para-hydroxylation sites is 1. The van der Waals surface area contributed by atoms with Crippen molar-refractivity contribution in [1.29, 1.82) is 5.26 Å². The van der Waals surface area contributed by atoms with Gasteiger partial charge in [0.15, 0.2) is 0 Å². The van der Waals surface area contributed by atoms with Crippen molar-refractivity contribution in [3.63, 3.8) is 0 Å². The number of pyridine rings is 1. The third kappa shape index (κ3) is 7.83. The van der Waals surface area contributed by atoms with Gasteiger partial charge in [0.25, 0.3) is 0 Å². The van der Waals surface area contributed by atoms with Gasteiger partial charge in [-0.1, -0.05) is 6.07 Å². The van der Waals surface area contributed by atoms with Gasteiger partial charge in [-0.05, 0) is 65.2 Å². The number of hydrogen-bond acceptors (Lipinski definition) is 9. The summed E-state index contributed by atoms with van der Waals surface area (Å²) in [5, 5.41) is 26.3. The summed E-state index contributed by atoms with van der Waals surface area (Å²) in [5.74, 6) is -2.19. The van der Waals surface area contributed by atoms with Gasteiger partial charge >= 0.3 is 12.1 Å². The monoisotopic (exact) mass is 634 g/mol. The smallest absolute Gasteiger partial charge is 0.417 e. The molecule has 3 N–H and O–H groups in total. The standard InChI is InChI=1S/C31H38F4N6O4/c1-18-13-21(31(33,34)35)20(16-36)26(38-18)39-23-9-11-41(25-22(32)7-6-8-24(25)40(5)27(23)42)12-10-37-17-30(44)14-19(15-30)28(43)45-29(2,3)4/h6-8,13,19,23,37,44H,9-12,14-15,17H2,1-5H3,(H,38,39)/t19?,23-,30?/m0/s1. The van der Waals surface area contributed by atoms with Crippen LogP contribution in [0.5, 0.6) is 0 Å². The molecular formula is C31H38F4N6O4. The van der Waals surface area contributed by atoms with Crippen molar-refractivity contribution >= 4 is 29.1 Å². The van der Waals surface area contributed by atoms with Gasteiger partial charge in [0.1, 0.15) is 34.9 Å². The van der Waals surface area contributed by atoms with Crippen LogP contribution in [0.25, 0.3) is 0 Å². The highest BCUT2D eigenvalue weighted by molar-refractivity contribution is 6.01. The molecule has 0 unspecified atom stereocenters. The van der Waals surface area contributed by atoms with Crippen LogP contribution in [0.15, 0.2) is 24.3 Å². The number of fused-ring (bicyclic) bond motifs is 1. The number of aliphatic hydroxyl groups is 1. The summed E-state index contributed by atoms with van der Waals surface area (Å²) in [4.78, 5) is 32.9. The summed E-state index contributed by atoms with van der Waals surface area (Å²) >= 11 is 0. The summed E-state index contributed by atoms with van der Waals surface area (Å²) in [5.41, 5.74) is -3.12. The maximum Gasteiger partial charge on any atom is 0.417 e. The highest BCUT2D eigenvalue weighted by Crippen LogP contribution is 2.39. The number of carbonyl (C=O) groups excluding carboxylic acids is 2. The number of halogens is 4. The molecular weight excluding hydrogens is 596 g/mol. The summed E-state index contributed by atoms with van der Waals surface area (Å²) in [7, 11) is 1.44. The van der Waals surface area contributed by atoms with E-state index in [1.807, 2.05) is 0 Å². The molecule has 0 spiro atoms. The number of rotatable bonds is 8. The molecule has 2 heterocycles. The molecule has 10 nitrogen and oxygen atoms in total. The highest BCUT2D eigenvalue weighted by Gasteiger charge is 2.47.